The van der Waals surface area contributed by atoms with Crippen LogP contribution in [-0.2, 0) is 0 Å². The van der Waals surface area contributed by atoms with E-state index in [0.29, 0.717) is 17.4 Å². The molecule has 1 aliphatic heterocycles. The van der Waals surface area contributed by atoms with Crippen LogP contribution in [0.4, 0.5) is 0 Å². The van der Waals surface area contributed by atoms with Crippen molar-refractivity contribution in [2.75, 3.05) is 0 Å². The van der Waals surface area contributed by atoms with Crippen LogP contribution in [0.2, 0.25) is 0 Å². The maximum atomic E-state index is 6.34. The maximum absolute atomic E-state index is 6.34. The molecule has 5 heterocycles. The number of pyridine rings is 2. The first kappa shape index (κ1) is 18.0. The third kappa shape index (κ3) is 2.72. The van der Waals surface area contributed by atoms with Gasteiger partial charge < -0.3 is 4.74 Å². The second-order valence-corrected chi connectivity index (χ2v) is 7.92. The van der Waals surface area contributed by atoms with Crippen LogP contribution in [0.3, 0.4) is 0 Å². The van der Waals surface area contributed by atoms with Crippen LogP contribution in [0.5, 0.6) is 11.6 Å². The van der Waals surface area contributed by atoms with Gasteiger partial charge in [-0.1, -0.05) is 36.4 Å². The number of benzene rings is 2. The highest BCUT2D eigenvalue weighted by atomic mass is 16.5. The van der Waals surface area contributed by atoms with Crippen LogP contribution in [-0.4, -0.2) is 29.5 Å². The minimum absolute atomic E-state index is 0.158. The van der Waals surface area contributed by atoms with Gasteiger partial charge >= 0.3 is 0 Å². The molecular formula is C26H16N6O. The molecule has 0 spiro atoms. The summed E-state index contributed by atoms with van der Waals surface area (Å²) in [5.74, 6) is 1.78. The summed E-state index contributed by atoms with van der Waals surface area (Å²) in [4.78, 5) is 18.0. The Balaban J connectivity index is 1.55. The largest absolute Gasteiger partial charge is 0.438 e. The van der Waals surface area contributed by atoms with Crippen molar-refractivity contribution in [1.82, 2.24) is 29.5 Å². The van der Waals surface area contributed by atoms with Crippen LogP contribution in [0, 0.1) is 0 Å². The van der Waals surface area contributed by atoms with Crippen molar-refractivity contribution in [1.29, 1.82) is 0 Å². The normalized spacial score (nSPS) is 14.6. The Kier molecular flexibility index (Phi) is 3.77. The molecule has 1 atom stereocenters. The topological polar surface area (TPSA) is 78.1 Å². The summed E-state index contributed by atoms with van der Waals surface area (Å²) in [5.41, 5.74) is 4.60. The number of nitrogens with zero attached hydrogens (tertiary/aromatic N) is 6. The van der Waals surface area contributed by atoms with Gasteiger partial charge in [0.25, 0.3) is 0 Å². The zero-order valence-corrected chi connectivity index (χ0v) is 17.3. The lowest BCUT2D eigenvalue weighted by atomic mass is 9.82. The molecule has 33 heavy (non-hydrogen) atoms. The third-order valence-electron chi connectivity index (χ3n) is 6.06. The highest BCUT2D eigenvalue weighted by Crippen LogP contribution is 2.50. The Morgan fingerprint density at radius 2 is 1.73 bits per heavy atom. The number of hydrogen-bond acceptors (Lipinski definition) is 6. The molecule has 0 saturated heterocycles. The summed E-state index contributed by atoms with van der Waals surface area (Å²) in [6.07, 6.45) is 8.80. The second kappa shape index (κ2) is 6.93. The van der Waals surface area contributed by atoms with E-state index in [9.17, 15) is 0 Å². The minimum atomic E-state index is -0.158. The fourth-order valence-corrected chi connectivity index (χ4v) is 4.61. The van der Waals surface area contributed by atoms with Gasteiger partial charge in [-0.25, -0.2) is 14.5 Å². The zero-order valence-electron chi connectivity index (χ0n) is 17.3. The van der Waals surface area contributed by atoms with E-state index < -0.39 is 0 Å². The molecule has 0 amide bonds. The summed E-state index contributed by atoms with van der Waals surface area (Å²) in [6, 6.07) is 20.3. The molecule has 4 aromatic heterocycles. The Morgan fingerprint density at radius 3 is 2.61 bits per heavy atom. The summed E-state index contributed by atoms with van der Waals surface area (Å²) in [5, 5.41) is 6.96. The average Bonchev–Trinajstić information content (AvgIpc) is 3.33. The monoisotopic (exact) mass is 428 g/mol. The summed E-state index contributed by atoms with van der Waals surface area (Å²) >= 11 is 0. The molecule has 0 aliphatic carbocycles. The van der Waals surface area contributed by atoms with Crippen molar-refractivity contribution in [2.45, 2.75) is 5.92 Å². The van der Waals surface area contributed by atoms with E-state index in [0.717, 1.165) is 38.8 Å². The Morgan fingerprint density at radius 1 is 0.818 bits per heavy atom. The molecule has 7 heteroatoms. The first-order valence-electron chi connectivity index (χ1n) is 10.6. The van der Waals surface area contributed by atoms with E-state index in [2.05, 4.69) is 50.4 Å². The van der Waals surface area contributed by atoms with E-state index in [-0.39, 0.29) is 5.92 Å². The quantitative estimate of drug-likeness (QED) is 0.385. The number of fused-ring (bicyclic) bond motifs is 6. The van der Waals surface area contributed by atoms with Crippen molar-refractivity contribution in [3.63, 3.8) is 0 Å². The molecule has 2 aromatic carbocycles. The number of aromatic nitrogens is 6. The van der Waals surface area contributed by atoms with Crippen molar-refractivity contribution in [2.24, 2.45) is 0 Å². The first-order valence-corrected chi connectivity index (χ1v) is 10.6. The third-order valence-corrected chi connectivity index (χ3v) is 6.06. The molecule has 6 aromatic rings. The van der Waals surface area contributed by atoms with Crippen LogP contribution in [0.15, 0.2) is 91.8 Å². The van der Waals surface area contributed by atoms with Crippen LogP contribution < -0.4 is 4.74 Å². The fourth-order valence-electron chi connectivity index (χ4n) is 4.61. The molecule has 1 unspecified atom stereocenters. The molecule has 7 rings (SSSR count). The standard InChI is InChI=1S/C26H16N6O/c1-2-6-19-16(4-1)7-8-20-22(19)21(18-5-3-11-28-14-18)23-25-30-24(17-9-12-27-13-10-17)31-32(25)15-29-26(23)33-20/h1-15,21H. The molecular weight excluding hydrogens is 412 g/mol. The van der Waals surface area contributed by atoms with Gasteiger partial charge in [-0.15, -0.1) is 5.10 Å². The molecule has 1 aliphatic rings. The van der Waals surface area contributed by atoms with Gasteiger partial charge in [0, 0.05) is 41.8 Å². The van der Waals surface area contributed by atoms with Crippen molar-refractivity contribution in [3.05, 3.63) is 108 Å². The Hall–Kier alpha value is -4.65. The van der Waals surface area contributed by atoms with Crippen molar-refractivity contribution >= 4 is 16.4 Å². The van der Waals surface area contributed by atoms with Crippen molar-refractivity contribution in [3.8, 4) is 23.0 Å². The first-order chi connectivity index (χ1) is 16.4. The highest BCUT2D eigenvalue weighted by Gasteiger charge is 2.34. The Bertz CT molecular complexity index is 1650. The lowest BCUT2D eigenvalue weighted by Crippen LogP contribution is -2.15. The number of hydrogen-bond donors (Lipinski definition) is 0. The molecule has 0 saturated carbocycles. The lowest BCUT2D eigenvalue weighted by Gasteiger charge is -2.28. The Labute approximate surface area is 188 Å². The lowest BCUT2D eigenvalue weighted by molar-refractivity contribution is 0.433. The number of rotatable bonds is 2. The smallest absolute Gasteiger partial charge is 0.228 e. The average molecular weight is 428 g/mol. The molecule has 0 N–H and O–H groups in total. The highest BCUT2D eigenvalue weighted by molar-refractivity contribution is 5.90. The van der Waals surface area contributed by atoms with Gasteiger partial charge in [0.05, 0.1) is 5.56 Å². The van der Waals surface area contributed by atoms with E-state index in [1.807, 2.05) is 36.5 Å². The van der Waals surface area contributed by atoms with Gasteiger partial charge in [-0.05, 0) is 40.6 Å². The minimum Gasteiger partial charge on any atom is -0.438 e. The van der Waals surface area contributed by atoms with E-state index in [1.54, 1.807) is 29.4 Å². The van der Waals surface area contributed by atoms with Gasteiger partial charge in [-0.3, -0.25) is 9.97 Å². The van der Waals surface area contributed by atoms with Crippen LogP contribution >= 0.6 is 0 Å². The van der Waals surface area contributed by atoms with Gasteiger partial charge in [0.15, 0.2) is 11.5 Å². The summed E-state index contributed by atoms with van der Waals surface area (Å²) in [7, 11) is 0. The molecule has 0 bridgehead atoms. The predicted molar refractivity (Wildman–Crippen MR) is 123 cm³/mol. The number of ether oxygens (including phenoxy) is 1. The predicted octanol–water partition coefficient (Wildman–Crippen LogP) is 5.02. The van der Waals surface area contributed by atoms with Crippen molar-refractivity contribution < 1.29 is 4.74 Å². The summed E-state index contributed by atoms with van der Waals surface area (Å²) < 4.78 is 8.06. The maximum Gasteiger partial charge on any atom is 0.228 e. The molecule has 0 fully saturated rings. The SMILES string of the molecule is c1cncc(C2c3c(ccc4ccccc34)Oc3ncn4nc(-c5ccncc5)nc4c32)c1. The van der Waals surface area contributed by atoms with Gasteiger partial charge in [0.1, 0.15) is 12.1 Å². The second-order valence-electron chi connectivity index (χ2n) is 7.92. The van der Waals surface area contributed by atoms with Gasteiger partial charge in [0.2, 0.25) is 5.88 Å². The summed E-state index contributed by atoms with van der Waals surface area (Å²) in [6.45, 7) is 0. The van der Waals surface area contributed by atoms with Crippen LogP contribution in [0.25, 0.3) is 27.8 Å². The zero-order chi connectivity index (χ0) is 21.8. The van der Waals surface area contributed by atoms with E-state index in [4.69, 9.17) is 9.72 Å². The molecule has 7 nitrogen and oxygen atoms in total. The van der Waals surface area contributed by atoms with E-state index in [1.165, 1.54) is 0 Å². The van der Waals surface area contributed by atoms with Crippen LogP contribution in [0.1, 0.15) is 22.6 Å². The molecule has 156 valence electrons. The molecule has 0 radical (unpaired) electrons. The van der Waals surface area contributed by atoms with E-state index >= 15 is 0 Å². The fraction of sp³-hybridized carbons (Fsp3) is 0.0385. The van der Waals surface area contributed by atoms with Gasteiger partial charge in [-0.2, -0.15) is 0 Å².